The Kier molecular flexibility index (Phi) is 14.1. The van der Waals surface area contributed by atoms with Gasteiger partial charge in [0.1, 0.15) is 30.9 Å². The maximum absolute atomic E-state index is 13.2. The topological polar surface area (TPSA) is 245 Å². The highest BCUT2D eigenvalue weighted by Gasteiger charge is 2.54. The Balaban J connectivity index is 0.000000180. The maximum Gasteiger partial charge on any atom is 0.534 e. The molecule has 10 rings (SSSR count). The molecule has 2 aromatic carbocycles. The number of ether oxygens (including phenoxy) is 2. The van der Waals surface area contributed by atoms with Crippen molar-refractivity contribution in [1.29, 1.82) is 5.26 Å². The number of piperidine rings is 2. The van der Waals surface area contributed by atoms with Crippen LogP contribution in [0.1, 0.15) is 82.6 Å². The molecule has 0 amide bonds. The number of hydrogen-bond acceptors (Lipinski definition) is 16. The zero-order valence-electron chi connectivity index (χ0n) is 37.5. The monoisotopic (exact) mass is 1090 g/mol. The minimum Gasteiger partial charge on any atom is -0.473 e. The molecular formula is C44H42Cl2F3N11O9S3. The van der Waals surface area contributed by atoms with E-state index in [9.17, 15) is 43.7 Å². The molecule has 4 aromatic rings. The van der Waals surface area contributed by atoms with Crippen LogP contribution in [0, 0.1) is 24.5 Å². The SMILES string of the molecule is [C-]#[N+]c1ccc(Nc2ncnc(OC3CC4CCC(C3)N4S(=O)(=O)C3CC3)c2C#N)c(Cl)c1.[C-]#[N+]c1ccc(Nc2ncnc(OC3CC4CCC(C3)N4S(=O)(=O)C3CC3)c2OS(=O)(=O)C(F)(F)F)c(Cl)c1. The van der Waals surface area contributed by atoms with Gasteiger partial charge in [-0.05, 0) is 75.6 Å². The molecule has 72 heavy (non-hydrogen) atoms. The van der Waals surface area contributed by atoms with Gasteiger partial charge in [0, 0.05) is 49.9 Å². The third-order valence-corrected chi connectivity index (χ3v) is 19.7. The van der Waals surface area contributed by atoms with E-state index in [-0.39, 0.29) is 87.3 Å². The zero-order chi connectivity index (χ0) is 51.3. The summed E-state index contributed by atoms with van der Waals surface area (Å²) in [6.07, 6.45) is 8.60. The second kappa shape index (κ2) is 19.9. The Morgan fingerprint density at radius 3 is 1.47 bits per heavy atom. The fourth-order valence-electron chi connectivity index (χ4n) is 9.61. The summed E-state index contributed by atoms with van der Waals surface area (Å²) in [4.78, 5) is 22.6. The fourth-order valence-corrected chi connectivity index (χ4v) is 15.1. The predicted molar refractivity (Wildman–Crippen MR) is 255 cm³/mol. The molecule has 4 atom stereocenters. The number of alkyl halides is 3. The van der Waals surface area contributed by atoms with Gasteiger partial charge in [-0.15, -0.1) is 0 Å². The third kappa shape index (κ3) is 10.5. The highest BCUT2D eigenvalue weighted by atomic mass is 35.5. The van der Waals surface area contributed by atoms with E-state index < -0.39 is 59.2 Å². The van der Waals surface area contributed by atoms with E-state index >= 15 is 0 Å². The molecular weight excluding hydrogens is 1050 g/mol. The van der Waals surface area contributed by atoms with Gasteiger partial charge in [-0.2, -0.15) is 40.4 Å². The molecule has 4 aliphatic heterocycles. The lowest BCUT2D eigenvalue weighted by Crippen LogP contribution is -2.50. The van der Waals surface area contributed by atoms with Crippen LogP contribution in [-0.4, -0.2) is 106 Å². The van der Waals surface area contributed by atoms with Crippen LogP contribution >= 0.6 is 23.2 Å². The first-order valence-corrected chi connectivity index (χ1v) is 27.7. The number of nitriles is 1. The van der Waals surface area contributed by atoms with Crippen LogP contribution in [0.2, 0.25) is 10.0 Å². The number of nitrogens with one attached hydrogen (secondary N) is 2. The number of fused-ring (bicyclic) bond motifs is 4. The summed E-state index contributed by atoms with van der Waals surface area (Å²) >= 11 is 12.4. The molecule has 2 saturated carbocycles. The molecule has 6 aliphatic rings. The molecule has 28 heteroatoms. The summed E-state index contributed by atoms with van der Waals surface area (Å²) in [7, 11) is -12.8. The molecule has 0 radical (unpaired) electrons. The quantitative estimate of drug-likeness (QED) is 0.0681. The molecule has 380 valence electrons. The zero-order valence-corrected chi connectivity index (χ0v) is 41.5. The van der Waals surface area contributed by atoms with E-state index in [0.717, 1.165) is 32.0 Å². The number of nitrogens with zero attached hydrogens (tertiary/aromatic N) is 9. The normalized spacial score (nSPS) is 24.1. The average molecular weight is 1090 g/mol. The number of halogens is 5. The molecule has 4 bridgehead atoms. The van der Waals surface area contributed by atoms with Crippen molar-refractivity contribution in [1.82, 2.24) is 28.5 Å². The summed E-state index contributed by atoms with van der Waals surface area (Å²) in [5, 5.41) is 15.2. The lowest BCUT2D eigenvalue weighted by molar-refractivity contribution is -0.0501. The van der Waals surface area contributed by atoms with Gasteiger partial charge >= 0.3 is 15.6 Å². The molecule has 2 aliphatic carbocycles. The van der Waals surface area contributed by atoms with Crippen molar-refractivity contribution < 1.29 is 52.1 Å². The van der Waals surface area contributed by atoms with Gasteiger partial charge in [-0.1, -0.05) is 35.3 Å². The standard InChI is InChI=1S/C22H21ClF3N5O6S2.C22H21ClN6O3S/c1-27-12-2-7-18(17(23)8-12)30-20-19(37-39(34,35)22(24,25)26)21(29-11-28-20)36-15-9-13-3-4-14(10-15)31(13)38(32,33)16-5-6-16;1-25-13-2-7-20(19(23)8-13)28-21-18(11-24)22(27-12-26-21)32-16-9-14-3-4-15(10-16)29(14)33(30,31)17-5-6-17/h2,7-8,11,13-16H,3-6,9-10H2,(H,28,29,30);2,7-8,12,14-17H,3-6,9-10H2,(H,26,27,28). The first-order valence-electron chi connectivity index (χ1n) is 22.6. The molecule has 6 fully saturated rings. The van der Waals surface area contributed by atoms with Crippen LogP contribution in [0.3, 0.4) is 0 Å². The van der Waals surface area contributed by atoms with Gasteiger partial charge in [-0.25, -0.2) is 41.5 Å². The molecule has 4 saturated heterocycles. The van der Waals surface area contributed by atoms with Crippen molar-refractivity contribution in [3.8, 4) is 23.6 Å². The van der Waals surface area contributed by atoms with Crippen molar-refractivity contribution >= 4 is 87.8 Å². The second-order valence-electron chi connectivity index (χ2n) is 18.0. The van der Waals surface area contributed by atoms with Crippen LogP contribution < -0.4 is 24.3 Å². The van der Waals surface area contributed by atoms with Crippen LogP contribution in [-0.2, 0) is 30.2 Å². The number of hydrogen-bond donors (Lipinski definition) is 2. The lowest BCUT2D eigenvalue weighted by atomic mass is 10.0. The van der Waals surface area contributed by atoms with Gasteiger partial charge in [-0.3, -0.25) is 0 Å². The average Bonchev–Trinajstić information content (AvgIpc) is 4.27. The first-order chi connectivity index (χ1) is 34.2. The maximum atomic E-state index is 13.2. The lowest BCUT2D eigenvalue weighted by Gasteiger charge is -2.37. The number of benzene rings is 2. The Hall–Kier alpha value is -5.79. The van der Waals surface area contributed by atoms with Crippen molar-refractivity contribution in [3.05, 3.63) is 87.5 Å². The van der Waals surface area contributed by atoms with E-state index in [1.807, 2.05) is 0 Å². The van der Waals surface area contributed by atoms with Gasteiger partial charge in [0.2, 0.25) is 31.7 Å². The Labute approximate surface area is 422 Å². The molecule has 0 spiro atoms. The summed E-state index contributed by atoms with van der Waals surface area (Å²) in [6.45, 7) is 14.1. The van der Waals surface area contributed by atoms with Gasteiger partial charge in [0.25, 0.3) is 5.88 Å². The number of aromatic nitrogens is 4. The van der Waals surface area contributed by atoms with Gasteiger partial charge in [0.05, 0.1) is 45.1 Å². The summed E-state index contributed by atoms with van der Waals surface area (Å²) in [6, 6.07) is 10.1. The highest BCUT2D eigenvalue weighted by Crippen LogP contribution is 2.47. The first kappa shape index (κ1) is 51.1. The molecule has 6 heterocycles. The Morgan fingerprint density at radius 1 is 0.653 bits per heavy atom. The molecule has 4 unspecified atom stereocenters. The van der Waals surface area contributed by atoms with E-state index in [4.69, 9.17) is 45.8 Å². The minimum atomic E-state index is -6.15. The third-order valence-electron chi connectivity index (χ3n) is 13.1. The minimum absolute atomic E-state index is 0.00929. The largest absolute Gasteiger partial charge is 0.534 e. The van der Waals surface area contributed by atoms with E-state index in [1.54, 1.807) is 16.4 Å². The number of anilines is 4. The van der Waals surface area contributed by atoms with Crippen LogP contribution in [0.5, 0.6) is 17.5 Å². The summed E-state index contributed by atoms with van der Waals surface area (Å²) in [5.74, 6) is -1.59. The van der Waals surface area contributed by atoms with Gasteiger partial charge < -0.3 is 24.3 Å². The highest BCUT2D eigenvalue weighted by molar-refractivity contribution is 7.90. The number of rotatable bonds is 14. The summed E-state index contributed by atoms with van der Waals surface area (Å²) < 4.78 is 135. The van der Waals surface area contributed by atoms with Crippen LogP contribution in [0.15, 0.2) is 49.1 Å². The fraction of sp³-hybridized carbons (Fsp3) is 0.477. The van der Waals surface area contributed by atoms with Crippen LogP contribution in [0.25, 0.3) is 9.69 Å². The van der Waals surface area contributed by atoms with Crippen molar-refractivity contribution in [2.45, 2.75) is 129 Å². The smallest absolute Gasteiger partial charge is 0.473 e. The molecule has 20 nitrogen and oxygen atoms in total. The van der Waals surface area contributed by atoms with E-state index in [2.05, 4.69) is 50.5 Å². The number of sulfonamides is 2. The van der Waals surface area contributed by atoms with Crippen LogP contribution in [0.4, 0.5) is 47.6 Å². The summed E-state index contributed by atoms with van der Waals surface area (Å²) in [5.41, 5.74) is -4.42. The van der Waals surface area contributed by atoms with E-state index in [0.29, 0.717) is 54.9 Å². The van der Waals surface area contributed by atoms with Crippen molar-refractivity contribution in [3.63, 3.8) is 0 Å². The molecule has 2 N–H and O–H groups in total. The predicted octanol–water partition coefficient (Wildman–Crippen LogP) is 8.68. The Bertz CT molecular complexity index is 3230. The Morgan fingerprint density at radius 2 is 1.07 bits per heavy atom. The second-order valence-corrected chi connectivity index (χ2v) is 24.6. The molecule has 2 aromatic heterocycles. The van der Waals surface area contributed by atoms with Gasteiger partial charge in [0.15, 0.2) is 28.6 Å². The van der Waals surface area contributed by atoms with Crippen molar-refractivity contribution in [2.24, 2.45) is 0 Å². The van der Waals surface area contributed by atoms with Crippen molar-refractivity contribution in [2.75, 3.05) is 10.6 Å². The van der Waals surface area contributed by atoms with E-state index in [1.165, 1.54) is 34.9 Å².